The van der Waals surface area contributed by atoms with Crippen LogP contribution >= 0.6 is 12.4 Å². The van der Waals surface area contributed by atoms with E-state index in [4.69, 9.17) is 0 Å². The molecule has 0 fully saturated rings. The van der Waals surface area contributed by atoms with Crippen molar-refractivity contribution in [1.82, 2.24) is 9.38 Å². The number of nitrogens with zero attached hydrogens (tertiary/aromatic N) is 3. The molecule has 68 valence electrons. The number of rotatable bonds is 1. The summed E-state index contributed by atoms with van der Waals surface area (Å²) in [6, 6.07) is 3.04. The van der Waals surface area contributed by atoms with Gasteiger partial charge in [0.25, 0.3) is 5.69 Å². The maximum Gasteiger partial charge on any atom is 0.286 e. The number of fused-ring (bicyclic) bond motifs is 1. The molecular formula is C7H6ClN3O2. The number of halogens is 1. The fourth-order valence-electron chi connectivity index (χ4n) is 1.02. The summed E-state index contributed by atoms with van der Waals surface area (Å²) < 4.78 is 1.61. The molecule has 2 aromatic heterocycles. The van der Waals surface area contributed by atoms with E-state index in [1.165, 1.54) is 12.3 Å². The van der Waals surface area contributed by atoms with Crippen LogP contribution in [0, 0.1) is 10.1 Å². The van der Waals surface area contributed by atoms with Gasteiger partial charge in [-0.25, -0.2) is 4.98 Å². The first kappa shape index (κ1) is 9.47. The average molecular weight is 200 g/mol. The Morgan fingerprint density at radius 1 is 1.46 bits per heavy atom. The topological polar surface area (TPSA) is 60.4 Å². The van der Waals surface area contributed by atoms with E-state index in [0.717, 1.165) is 0 Å². The lowest BCUT2D eigenvalue weighted by molar-refractivity contribution is -0.385. The first-order valence-electron chi connectivity index (χ1n) is 3.34. The molecule has 0 N–H and O–H groups in total. The maximum atomic E-state index is 10.3. The highest BCUT2D eigenvalue weighted by Gasteiger charge is 2.04. The zero-order chi connectivity index (χ0) is 8.55. The summed E-state index contributed by atoms with van der Waals surface area (Å²) in [7, 11) is 0. The molecule has 0 atom stereocenters. The molecule has 2 heterocycles. The van der Waals surface area contributed by atoms with Gasteiger partial charge >= 0.3 is 0 Å². The molecule has 2 aromatic rings. The molecule has 0 saturated heterocycles. The van der Waals surface area contributed by atoms with Gasteiger partial charge in [0.2, 0.25) is 0 Å². The molecular weight excluding hydrogens is 194 g/mol. The average Bonchev–Trinajstić information content (AvgIpc) is 2.49. The molecule has 13 heavy (non-hydrogen) atoms. The Morgan fingerprint density at radius 3 is 2.92 bits per heavy atom. The van der Waals surface area contributed by atoms with Crippen LogP contribution in [0.5, 0.6) is 0 Å². The first-order valence-corrected chi connectivity index (χ1v) is 3.34. The van der Waals surface area contributed by atoms with Crippen molar-refractivity contribution >= 4 is 23.7 Å². The van der Waals surface area contributed by atoms with Crippen LogP contribution in [0.4, 0.5) is 5.69 Å². The van der Waals surface area contributed by atoms with Crippen LogP contribution in [0.1, 0.15) is 0 Å². The number of imidazole rings is 1. The SMILES string of the molecule is Cl.O=[N+]([O-])c1ccc2nccn2c1. The smallest absolute Gasteiger partial charge is 0.286 e. The van der Waals surface area contributed by atoms with Crippen molar-refractivity contribution < 1.29 is 4.92 Å². The van der Waals surface area contributed by atoms with Crippen molar-refractivity contribution in [3.63, 3.8) is 0 Å². The minimum absolute atomic E-state index is 0. The third-order valence-electron chi connectivity index (χ3n) is 1.58. The van der Waals surface area contributed by atoms with E-state index in [1.807, 2.05) is 0 Å². The van der Waals surface area contributed by atoms with Gasteiger partial charge in [0.05, 0.1) is 11.1 Å². The minimum atomic E-state index is -0.431. The second kappa shape index (κ2) is 3.40. The Bertz CT molecular complexity index is 440. The lowest BCUT2D eigenvalue weighted by Crippen LogP contribution is -1.90. The first-order chi connectivity index (χ1) is 5.77. The van der Waals surface area contributed by atoms with Crippen LogP contribution in [-0.2, 0) is 0 Å². The standard InChI is InChI=1S/C7H5N3O2.ClH/c11-10(12)6-1-2-7-8-3-4-9(7)5-6;/h1-5H;1H. The molecule has 6 heteroatoms. The lowest BCUT2D eigenvalue weighted by Gasteiger charge is -1.92. The van der Waals surface area contributed by atoms with Gasteiger partial charge in [-0.2, -0.15) is 0 Å². The van der Waals surface area contributed by atoms with Gasteiger partial charge in [-0.05, 0) is 6.07 Å². The quantitative estimate of drug-likeness (QED) is 0.518. The van der Waals surface area contributed by atoms with E-state index in [-0.39, 0.29) is 18.1 Å². The molecule has 0 aliphatic heterocycles. The summed E-state index contributed by atoms with van der Waals surface area (Å²) in [5.41, 5.74) is 0.779. The number of nitro groups is 1. The van der Waals surface area contributed by atoms with Gasteiger partial charge in [-0.15, -0.1) is 12.4 Å². The van der Waals surface area contributed by atoms with Gasteiger partial charge in [-0.3, -0.25) is 10.1 Å². The molecule has 0 amide bonds. The monoisotopic (exact) mass is 199 g/mol. The van der Waals surface area contributed by atoms with E-state index in [9.17, 15) is 10.1 Å². The van der Waals surface area contributed by atoms with Crippen LogP contribution in [0.2, 0.25) is 0 Å². The predicted octanol–water partition coefficient (Wildman–Crippen LogP) is 1.66. The molecule has 0 unspecified atom stereocenters. The molecule has 0 aromatic carbocycles. The summed E-state index contributed by atoms with van der Waals surface area (Å²) in [6.45, 7) is 0. The molecule has 0 aliphatic carbocycles. The molecule has 5 nitrogen and oxygen atoms in total. The Morgan fingerprint density at radius 2 is 2.23 bits per heavy atom. The van der Waals surface area contributed by atoms with Gasteiger partial charge in [-0.1, -0.05) is 0 Å². The Labute approximate surface area is 79.6 Å². The van der Waals surface area contributed by atoms with Crippen LogP contribution in [-0.4, -0.2) is 14.3 Å². The van der Waals surface area contributed by atoms with Gasteiger partial charge in [0, 0.05) is 18.5 Å². The highest BCUT2D eigenvalue weighted by atomic mass is 35.5. The van der Waals surface area contributed by atoms with Crippen LogP contribution in [0.3, 0.4) is 0 Å². The summed E-state index contributed by atoms with van der Waals surface area (Å²) in [5, 5.41) is 10.3. The van der Waals surface area contributed by atoms with Crippen molar-refractivity contribution in [1.29, 1.82) is 0 Å². The number of hydrogen-bond donors (Lipinski definition) is 0. The van der Waals surface area contributed by atoms with E-state index >= 15 is 0 Å². The summed E-state index contributed by atoms with van der Waals surface area (Å²) in [6.07, 6.45) is 4.70. The Hall–Kier alpha value is -1.62. The molecule has 0 spiro atoms. The summed E-state index contributed by atoms with van der Waals surface area (Å²) in [5.74, 6) is 0. The van der Waals surface area contributed by atoms with E-state index < -0.39 is 4.92 Å². The molecule has 2 rings (SSSR count). The second-order valence-electron chi connectivity index (χ2n) is 2.34. The minimum Gasteiger partial charge on any atom is -0.300 e. The van der Waals surface area contributed by atoms with Crippen LogP contribution in [0.25, 0.3) is 5.65 Å². The second-order valence-corrected chi connectivity index (χ2v) is 2.34. The molecule has 0 aliphatic rings. The fourth-order valence-corrected chi connectivity index (χ4v) is 1.02. The van der Waals surface area contributed by atoms with Gasteiger partial charge in [0.15, 0.2) is 0 Å². The van der Waals surface area contributed by atoms with Gasteiger partial charge in [0.1, 0.15) is 5.65 Å². The molecule has 0 bridgehead atoms. The predicted molar refractivity (Wildman–Crippen MR) is 49.1 cm³/mol. The number of hydrogen-bond acceptors (Lipinski definition) is 3. The van der Waals surface area contributed by atoms with Crippen molar-refractivity contribution in [3.8, 4) is 0 Å². The zero-order valence-corrected chi connectivity index (χ0v) is 7.27. The Balaban J connectivity index is 0.000000845. The fraction of sp³-hybridized carbons (Fsp3) is 0. The van der Waals surface area contributed by atoms with Crippen molar-refractivity contribution in [3.05, 3.63) is 40.8 Å². The van der Waals surface area contributed by atoms with Crippen molar-refractivity contribution in [2.75, 3.05) is 0 Å². The van der Waals surface area contributed by atoms with Gasteiger partial charge < -0.3 is 4.40 Å². The van der Waals surface area contributed by atoms with Crippen LogP contribution in [0.15, 0.2) is 30.7 Å². The van der Waals surface area contributed by atoms with Crippen molar-refractivity contribution in [2.45, 2.75) is 0 Å². The van der Waals surface area contributed by atoms with E-state index in [2.05, 4.69) is 4.98 Å². The van der Waals surface area contributed by atoms with E-state index in [0.29, 0.717) is 5.65 Å². The molecule has 0 radical (unpaired) electrons. The lowest BCUT2D eigenvalue weighted by atomic mass is 10.4. The number of pyridine rings is 1. The van der Waals surface area contributed by atoms with Crippen LogP contribution < -0.4 is 0 Å². The largest absolute Gasteiger partial charge is 0.300 e. The molecule has 0 saturated carbocycles. The third-order valence-corrected chi connectivity index (χ3v) is 1.58. The third kappa shape index (κ3) is 1.59. The van der Waals surface area contributed by atoms with E-state index in [1.54, 1.807) is 22.9 Å². The highest BCUT2D eigenvalue weighted by molar-refractivity contribution is 5.85. The summed E-state index contributed by atoms with van der Waals surface area (Å²) in [4.78, 5) is 13.9. The highest BCUT2D eigenvalue weighted by Crippen LogP contribution is 2.11. The Kier molecular flexibility index (Phi) is 2.48. The number of aromatic nitrogens is 2. The van der Waals surface area contributed by atoms with Crippen molar-refractivity contribution in [2.24, 2.45) is 0 Å². The normalized spacial score (nSPS) is 9.54. The zero-order valence-electron chi connectivity index (χ0n) is 6.45. The maximum absolute atomic E-state index is 10.3. The summed E-state index contributed by atoms with van der Waals surface area (Å²) >= 11 is 0.